The molecule has 0 aromatic carbocycles. The number of nitrogens with zero attached hydrogens (tertiary/aromatic N) is 2. The minimum absolute atomic E-state index is 0.367. The van der Waals surface area contributed by atoms with Crippen molar-refractivity contribution < 1.29 is 9.53 Å². The van der Waals surface area contributed by atoms with E-state index in [1.807, 2.05) is 0 Å². The summed E-state index contributed by atoms with van der Waals surface area (Å²) in [6.07, 6.45) is 6.21. The van der Waals surface area contributed by atoms with E-state index in [1.165, 1.54) is 30.5 Å². The number of aryl methyl sites for hydroxylation is 2. The molecule has 2 aromatic rings. The van der Waals surface area contributed by atoms with Crippen molar-refractivity contribution in [3.05, 3.63) is 34.5 Å². The van der Waals surface area contributed by atoms with Gasteiger partial charge in [-0.2, -0.15) is 0 Å². The van der Waals surface area contributed by atoms with Crippen LogP contribution in [0.4, 0.5) is 10.9 Å². The number of fused-ring (bicyclic) bond motifs is 1. The normalized spacial score (nSPS) is 13.7. The number of pyridine rings is 1. The van der Waals surface area contributed by atoms with Crippen LogP contribution >= 0.6 is 11.3 Å². The van der Waals surface area contributed by atoms with Gasteiger partial charge in [0.1, 0.15) is 5.82 Å². The first kappa shape index (κ1) is 13.1. The molecule has 2 heterocycles. The van der Waals surface area contributed by atoms with Gasteiger partial charge in [0.15, 0.2) is 5.13 Å². The largest absolute Gasteiger partial charge is 0.465 e. The van der Waals surface area contributed by atoms with E-state index in [4.69, 9.17) is 4.74 Å². The average Bonchev–Trinajstić information content (AvgIpc) is 2.88. The Balaban J connectivity index is 1.80. The smallest absolute Gasteiger partial charge is 0.338 e. The summed E-state index contributed by atoms with van der Waals surface area (Å²) in [5, 5.41) is 4.01. The number of aromatic nitrogens is 2. The summed E-state index contributed by atoms with van der Waals surface area (Å²) in [6.45, 7) is 0. The van der Waals surface area contributed by atoms with E-state index in [0.29, 0.717) is 11.4 Å². The standard InChI is InChI=1S/C14H15N3O2S/c1-19-13(18)9-6-7-15-12(8-9)17-14-16-10-4-2-3-5-11(10)20-14/h6-8H,2-5H2,1H3,(H,15,16,17). The van der Waals surface area contributed by atoms with Gasteiger partial charge in [0.05, 0.1) is 18.4 Å². The topological polar surface area (TPSA) is 64.1 Å². The van der Waals surface area contributed by atoms with E-state index in [2.05, 4.69) is 15.3 Å². The number of carbonyl (C=O) groups excluding carboxylic acids is 1. The molecule has 0 fully saturated rings. The van der Waals surface area contributed by atoms with Crippen LogP contribution in [0.5, 0.6) is 0 Å². The van der Waals surface area contributed by atoms with Gasteiger partial charge in [-0.1, -0.05) is 0 Å². The first-order chi connectivity index (χ1) is 9.76. The van der Waals surface area contributed by atoms with Crippen LogP contribution in [0.2, 0.25) is 0 Å². The molecular weight excluding hydrogens is 274 g/mol. The molecule has 0 bridgehead atoms. The first-order valence-electron chi connectivity index (χ1n) is 6.56. The second-order valence-electron chi connectivity index (χ2n) is 4.64. The van der Waals surface area contributed by atoms with Crippen molar-refractivity contribution in [1.82, 2.24) is 9.97 Å². The number of anilines is 2. The van der Waals surface area contributed by atoms with E-state index >= 15 is 0 Å². The molecule has 3 rings (SSSR count). The zero-order chi connectivity index (χ0) is 13.9. The monoisotopic (exact) mass is 289 g/mol. The molecular formula is C14H15N3O2S. The third kappa shape index (κ3) is 2.65. The lowest BCUT2D eigenvalue weighted by Gasteiger charge is -2.06. The summed E-state index contributed by atoms with van der Waals surface area (Å²) in [5.41, 5.74) is 1.68. The number of hydrogen-bond acceptors (Lipinski definition) is 6. The predicted molar refractivity (Wildman–Crippen MR) is 77.6 cm³/mol. The molecule has 6 heteroatoms. The van der Waals surface area contributed by atoms with Gasteiger partial charge >= 0.3 is 5.97 Å². The number of nitrogens with one attached hydrogen (secondary N) is 1. The van der Waals surface area contributed by atoms with E-state index in [0.717, 1.165) is 18.0 Å². The zero-order valence-corrected chi connectivity index (χ0v) is 12.0. The van der Waals surface area contributed by atoms with Crippen LogP contribution in [-0.2, 0) is 17.6 Å². The molecule has 0 radical (unpaired) electrons. The Bertz CT molecular complexity index is 616. The van der Waals surface area contributed by atoms with Crippen LogP contribution in [0.1, 0.15) is 33.8 Å². The summed E-state index contributed by atoms with van der Waals surface area (Å²) in [7, 11) is 1.37. The molecule has 1 aliphatic carbocycles. The fraction of sp³-hybridized carbons (Fsp3) is 0.357. The highest BCUT2D eigenvalue weighted by Crippen LogP contribution is 2.30. The van der Waals surface area contributed by atoms with Crippen molar-refractivity contribution in [3.8, 4) is 0 Å². The van der Waals surface area contributed by atoms with Crippen molar-refractivity contribution in [2.24, 2.45) is 0 Å². The summed E-state index contributed by atoms with van der Waals surface area (Å²) >= 11 is 1.67. The van der Waals surface area contributed by atoms with Crippen LogP contribution in [0.3, 0.4) is 0 Å². The van der Waals surface area contributed by atoms with Gasteiger partial charge in [-0.25, -0.2) is 14.8 Å². The molecule has 0 spiro atoms. The molecule has 20 heavy (non-hydrogen) atoms. The van der Waals surface area contributed by atoms with Crippen molar-refractivity contribution in [1.29, 1.82) is 0 Å². The average molecular weight is 289 g/mol. The minimum atomic E-state index is -0.367. The van der Waals surface area contributed by atoms with Gasteiger partial charge in [0.25, 0.3) is 0 Å². The third-order valence-corrected chi connectivity index (χ3v) is 4.33. The Morgan fingerprint density at radius 2 is 2.25 bits per heavy atom. The number of ether oxygens (including phenoxy) is 1. The van der Waals surface area contributed by atoms with Gasteiger partial charge in [0, 0.05) is 11.1 Å². The van der Waals surface area contributed by atoms with Crippen molar-refractivity contribution in [2.75, 3.05) is 12.4 Å². The van der Waals surface area contributed by atoms with Crippen molar-refractivity contribution in [3.63, 3.8) is 0 Å². The first-order valence-corrected chi connectivity index (χ1v) is 7.38. The van der Waals surface area contributed by atoms with Gasteiger partial charge < -0.3 is 10.1 Å². The fourth-order valence-corrected chi connectivity index (χ4v) is 3.32. The summed E-state index contributed by atoms with van der Waals surface area (Å²) in [6, 6.07) is 3.30. The van der Waals surface area contributed by atoms with Crippen LogP contribution in [-0.4, -0.2) is 23.0 Å². The van der Waals surface area contributed by atoms with Crippen molar-refractivity contribution >= 4 is 28.3 Å². The second kappa shape index (κ2) is 5.58. The predicted octanol–water partition coefficient (Wildman–Crippen LogP) is 2.95. The highest BCUT2D eigenvalue weighted by Gasteiger charge is 2.15. The molecule has 1 N–H and O–H groups in total. The molecule has 5 nitrogen and oxygen atoms in total. The van der Waals surface area contributed by atoms with Crippen LogP contribution in [0.25, 0.3) is 0 Å². The van der Waals surface area contributed by atoms with Gasteiger partial charge in [-0.05, 0) is 37.8 Å². The lowest BCUT2D eigenvalue weighted by atomic mass is 10.0. The number of methoxy groups -OCH3 is 1. The number of carbonyl (C=O) groups is 1. The minimum Gasteiger partial charge on any atom is -0.465 e. The van der Waals surface area contributed by atoms with Gasteiger partial charge in [0.2, 0.25) is 0 Å². The fourth-order valence-electron chi connectivity index (χ4n) is 2.26. The van der Waals surface area contributed by atoms with E-state index in [-0.39, 0.29) is 5.97 Å². The molecule has 0 atom stereocenters. The highest BCUT2D eigenvalue weighted by atomic mass is 32.1. The van der Waals surface area contributed by atoms with Crippen LogP contribution in [0.15, 0.2) is 18.3 Å². The Morgan fingerprint density at radius 3 is 3.05 bits per heavy atom. The molecule has 0 saturated carbocycles. The van der Waals surface area contributed by atoms with Crippen LogP contribution < -0.4 is 5.32 Å². The summed E-state index contributed by atoms with van der Waals surface area (Å²) in [5.74, 6) is 0.243. The SMILES string of the molecule is COC(=O)c1ccnc(Nc2nc3c(s2)CCCC3)c1. The highest BCUT2D eigenvalue weighted by molar-refractivity contribution is 7.15. The third-order valence-electron chi connectivity index (χ3n) is 3.26. The molecule has 2 aromatic heterocycles. The maximum atomic E-state index is 11.5. The number of hydrogen-bond donors (Lipinski definition) is 1. The van der Waals surface area contributed by atoms with Crippen LogP contribution in [0, 0.1) is 0 Å². The molecule has 104 valence electrons. The lowest BCUT2D eigenvalue weighted by molar-refractivity contribution is 0.0600. The van der Waals surface area contributed by atoms with Gasteiger partial charge in [-0.3, -0.25) is 0 Å². The molecule has 0 aliphatic heterocycles. The Kier molecular flexibility index (Phi) is 3.64. The second-order valence-corrected chi connectivity index (χ2v) is 5.73. The van der Waals surface area contributed by atoms with E-state index in [9.17, 15) is 4.79 Å². The molecule has 0 unspecified atom stereocenters. The van der Waals surface area contributed by atoms with Gasteiger partial charge in [-0.15, -0.1) is 11.3 Å². The Labute approximate surface area is 121 Å². The van der Waals surface area contributed by atoms with E-state index < -0.39 is 0 Å². The van der Waals surface area contributed by atoms with Crippen molar-refractivity contribution in [2.45, 2.75) is 25.7 Å². The lowest BCUT2D eigenvalue weighted by Crippen LogP contribution is -2.03. The molecule has 0 amide bonds. The summed E-state index contributed by atoms with van der Waals surface area (Å²) in [4.78, 5) is 21.6. The summed E-state index contributed by atoms with van der Waals surface area (Å²) < 4.78 is 4.70. The van der Waals surface area contributed by atoms with E-state index in [1.54, 1.807) is 29.7 Å². The quantitative estimate of drug-likeness (QED) is 0.880. The zero-order valence-electron chi connectivity index (χ0n) is 11.2. The number of esters is 1. The maximum Gasteiger partial charge on any atom is 0.338 e. The number of rotatable bonds is 3. The maximum absolute atomic E-state index is 11.5. The number of thiazole rings is 1. The molecule has 0 saturated heterocycles. The molecule has 1 aliphatic rings. The Hall–Kier alpha value is -1.95. The Morgan fingerprint density at radius 1 is 1.40 bits per heavy atom.